The van der Waals surface area contributed by atoms with Crippen LogP contribution in [0.1, 0.15) is 48.6 Å². The summed E-state index contributed by atoms with van der Waals surface area (Å²) in [7, 11) is 0. The van der Waals surface area contributed by atoms with E-state index in [1.165, 1.54) is 23.9 Å². The molecule has 7 nitrogen and oxygen atoms in total. The molecular formula is C24H28FN5O2S. The molecule has 2 amide bonds. The number of aryl methyl sites for hydroxylation is 1. The van der Waals surface area contributed by atoms with Gasteiger partial charge in [0.05, 0.1) is 11.8 Å². The maximum Gasteiger partial charge on any atom is 0.251 e. The zero-order valence-electron chi connectivity index (χ0n) is 19.1. The third-order valence-electron chi connectivity index (χ3n) is 5.14. The number of nitrogens with zero attached hydrogens (tertiary/aromatic N) is 3. The Kier molecular flexibility index (Phi) is 8.21. The van der Waals surface area contributed by atoms with Gasteiger partial charge in [0.25, 0.3) is 5.91 Å². The Morgan fingerprint density at radius 1 is 1.12 bits per heavy atom. The quantitative estimate of drug-likeness (QED) is 0.447. The van der Waals surface area contributed by atoms with E-state index in [1.807, 2.05) is 43.5 Å². The standard InChI is InChI=1S/C24H28FN5O2S/c1-5-30-22(21(15(2)3)27-23(32)17-9-7-6-8-10-17)28-29-24(30)33-14-20(31)26-19-13-18(25)12-11-16(19)4/h6-13,15,21H,5,14H2,1-4H3,(H,26,31)(H,27,32)/t21-/m1/s1. The van der Waals surface area contributed by atoms with Crippen LogP contribution in [0.3, 0.4) is 0 Å². The van der Waals surface area contributed by atoms with Crippen LogP contribution >= 0.6 is 11.8 Å². The molecule has 1 heterocycles. The summed E-state index contributed by atoms with van der Waals surface area (Å²) in [5.74, 6) is -0.0459. The molecule has 3 aromatic rings. The number of anilines is 1. The first-order valence-corrected chi connectivity index (χ1v) is 11.8. The molecule has 0 aliphatic heterocycles. The van der Waals surface area contributed by atoms with Crippen LogP contribution in [0, 0.1) is 18.7 Å². The zero-order valence-corrected chi connectivity index (χ0v) is 19.9. The Morgan fingerprint density at radius 2 is 1.85 bits per heavy atom. The molecule has 1 atom stereocenters. The minimum absolute atomic E-state index is 0.0734. The maximum absolute atomic E-state index is 13.5. The molecule has 0 aliphatic carbocycles. The average molecular weight is 470 g/mol. The Morgan fingerprint density at radius 3 is 2.52 bits per heavy atom. The Balaban J connectivity index is 1.71. The number of thioether (sulfide) groups is 1. The number of hydrogen-bond acceptors (Lipinski definition) is 5. The predicted octanol–water partition coefficient (Wildman–Crippen LogP) is 4.60. The van der Waals surface area contributed by atoms with Gasteiger partial charge in [-0.2, -0.15) is 0 Å². The highest BCUT2D eigenvalue weighted by molar-refractivity contribution is 7.99. The van der Waals surface area contributed by atoms with Crippen LogP contribution in [-0.4, -0.2) is 32.3 Å². The first-order chi connectivity index (χ1) is 15.8. The van der Waals surface area contributed by atoms with Crippen molar-refractivity contribution in [2.45, 2.75) is 45.4 Å². The second-order valence-corrected chi connectivity index (χ2v) is 8.88. The van der Waals surface area contributed by atoms with Gasteiger partial charge in [-0.05, 0) is 49.6 Å². The van der Waals surface area contributed by atoms with E-state index in [9.17, 15) is 14.0 Å². The second kappa shape index (κ2) is 11.1. The molecule has 1 aromatic heterocycles. The van der Waals surface area contributed by atoms with E-state index in [2.05, 4.69) is 20.8 Å². The van der Waals surface area contributed by atoms with Crippen molar-refractivity contribution in [1.82, 2.24) is 20.1 Å². The molecule has 2 N–H and O–H groups in total. The molecule has 0 saturated carbocycles. The molecule has 0 bridgehead atoms. The molecule has 9 heteroatoms. The van der Waals surface area contributed by atoms with Gasteiger partial charge in [-0.1, -0.05) is 49.9 Å². The van der Waals surface area contributed by atoms with Crippen molar-refractivity contribution in [2.24, 2.45) is 5.92 Å². The van der Waals surface area contributed by atoms with E-state index in [0.717, 1.165) is 5.56 Å². The number of halogens is 1. The molecule has 0 unspecified atom stereocenters. The van der Waals surface area contributed by atoms with Crippen LogP contribution in [0.15, 0.2) is 53.7 Å². The van der Waals surface area contributed by atoms with Crippen molar-refractivity contribution >= 4 is 29.3 Å². The highest BCUT2D eigenvalue weighted by Crippen LogP contribution is 2.26. The topological polar surface area (TPSA) is 88.9 Å². The third-order valence-corrected chi connectivity index (χ3v) is 6.10. The van der Waals surface area contributed by atoms with E-state index in [4.69, 9.17) is 0 Å². The van der Waals surface area contributed by atoms with Crippen molar-refractivity contribution in [3.63, 3.8) is 0 Å². The zero-order chi connectivity index (χ0) is 24.0. The number of amides is 2. The number of carbonyl (C=O) groups excluding carboxylic acids is 2. The lowest BCUT2D eigenvalue weighted by Crippen LogP contribution is -2.33. The summed E-state index contributed by atoms with van der Waals surface area (Å²) in [5.41, 5.74) is 1.80. The SMILES string of the molecule is CCn1c(SCC(=O)Nc2cc(F)ccc2C)nnc1[C@H](NC(=O)c1ccccc1)C(C)C. The fourth-order valence-corrected chi connectivity index (χ4v) is 4.13. The first-order valence-electron chi connectivity index (χ1n) is 10.8. The second-order valence-electron chi connectivity index (χ2n) is 7.94. The van der Waals surface area contributed by atoms with Gasteiger partial charge in [0, 0.05) is 17.8 Å². The average Bonchev–Trinajstić information content (AvgIpc) is 3.21. The van der Waals surface area contributed by atoms with Crippen molar-refractivity contribution in [3.05, 3.63) is 71.3 Å². The lowest BCUT2D eigenvalue weighted by Gasteiger charge is -2.22. The molecule has 0 radical (unpaired) electrons. The molecule has 0 saturated heterocycles. The molecule has 3 rings (SSSR count). The van der Waals surface area contributed by atoms with Crippen LogP contribution < -0.4 is 10.6 Å². The predicted molar refractivity (Wildman–Crippen MR) is 128 cm³/mol. The Bertz CT molecular complexity index is 1120. The summed E-state index contributed by atoms with van der Waals surface area (Å²) in [6.07, 6.45) is 0. The number of benzene rings is 2. The number of hydrogen-bond donors (Lipinski definition) is 2. The number of nitrogens with one attached hydrogen (secondary N) is 2. The summed E-state index contributed by atoms with van der Waals surface area (Å²) in [6, 6.07) is 12.9. The summed E-state index contributed by atoms with van der Waals surface area (Å²) >= 11 is 1.25. The molecule has 0 fully saturated rings. The van der Waals surface area contributed by atoms with Gasteiger partial charge < -0.3 is 15.2 Å². The fourth-order valence-electron chi connectivity index (χ4n) is 3.32. The molecular weight excluding hydrogens is 441 g/mol. The molecule has 2 aromatic carbocycles. The van der Waals surface area contributed by atoms with Gasteiger partial charge >= 0.3 is 0 Å². The van der Waals surface area contributed by atoms with Crippen LogP contribution in [0.5, 0.6) is 0 Å². The molecule has 33 heavy (non-hydrogen) atoms. The maximum atomic E-state index is 13.5. The summed E-state index contributed by atoms with van der Waals surface area (Å²) in [5, 5.41) is 15.0. The van der Waals surface area contributed by atoms with Gasteiger partial charge in [0.1, 0.15) is 5.82 Å². The van der Waals surface area contributed by atoms with Crippen molar-refractivity contribution in [1.29, 1.82) is 0 Å². The van der Waals surface area contributed by atoms with E-state index in [-0.39, 0.29) is 29.5 Å². The minimum Gasteiger partial charge on any atom is -0.342 e. The van der Waals surface area contributed by atoms with Crippen LogP contribution in [0.25, 0.3) is 0 Å². The number of aromatic nitrogens is 3. The Hall–Kier alpha value is -3.20. The van der Waals surface area contributed by atoms with Crippen LogP contribution in [-0.2, 0) is 11.3 Å². The lowest BCUT2D eigenvalue weighted by atomic mass is 10.0. The van der Waals surface area contributed by atoms with E-state index in [1.54, 1.807) is 25.1 Å². The van der Waals surface area contributed by atoms with Gasteiger partial charge in [-0.15, -0.1) is 10.2 Å². The molecule has 174 valence electrons. The van der Waals surface area contributed by atoms with Crippen LogP contribution in [0.4, 0.5) is 10.1 Å². The van der Waals surface area contributed by atoms with E-state index >= 15 is 0 Å². The largest absolute Gasteiger partial charge is 0.342 e. The number of rotatable bonds is 9. The third kappa shape index (κ3) is 6.19. The van der Waals surface area contributed by atoms with Gasteiger partial charge in [0.2, 0.25) is 5.91 Å². The van der Waals surface area contributed by atoms with Gasteiger partial charge in [-0.3, -0.25) is 9.59 Å². The van der Waals surface area contributed by atoms with Gasteiger partial charge in [0.15, 0.2) is 11.0 Å². The molecule has 0 spiro atoms. The number of carbonyl (C=O) groups is 2. The summed E-state index contributed by atoms with van der Waals surface area (Å²) < 4.78 is 15.4. The summed E-state index contributed by atoms with van der Waals surface area (Å²) in [4.78, 5) is 25.2. The molecule has 0 aliphatic rings. The summed E-state index contributed by atoms with van der Waals surface area (Å²) in [6.45, 7) is 8.36. The van der Waals surface area contributed by atoms with E-state index in [0.29, 0.717) is 28.8 Å². The van der Waals surface area contributed by atoms with Crippen LogP contribution in [0.2, 0.25) is 0 Å². The normalized spacial score (nSPS) is 11.9. The fraction of sp³-hybridized carbons (Fsp3) is 0.333. The smallest absolute Gasteiger partial charge is 0.251 e. The Labute approximate surface area is 197 Å². The van der Waals surface area contributed by atoms with Crippen molar-refractivity contribution < 1.29 is 14.0 Å². The van der Waals surface area contributed by atoms with Crippen molar-refractivity contribution in [2.75, 3.05) is 11.1 Å². The highest BCUT2D eigenvalue weighted by Gasteiger charge is 2.26. The lowest BCUT2D eigenvalue weighted by molar-refractivity contribution is -0.113. The highest BCUT2D eigenvalue weighted by atomic mass is 32.2. The monoisotopic (exact) mass is 469 g/mol. The van der Waals surface area contributed by atoms with Crippen molar-refractivity contribution in [3.8, 4) is 0 Å². The minimum atomic E-state index is -0.406. The van der Waals surface area contributed by atoms with E-state index < -0.39 is 5.82 Å². The first kappa shape index (κ1) is 24.4. The van der Waals surface area contributed by atoms with Gasteiger partial charge in [-0.25, -0.2) is 4.39 Å².